The molecule has 0 aliphatic rings. The zero-order valence-corrected chi connectivity index (χ0v) is 19.3. The normalized spacial score (nSPS) is 10.6. The fourth-order valence-electron chi connectivity index (χ4n) is 3.27. The summed E-state index contributed by atoms with van der Waals surface area (Å²) in [5.74, 6) is 0.975. The van der Waals surface area contributed by atoms with Crippen LogP contribution in [0.5, 0.6) is 5.75 Å². The number of non-ortho nitro benzene ring substituents is 1. The minimum Gasteiger partial charge on any atom is -0.495 e. The second-order valence-corrected chi connectivity index (χ2v) is 8.26. The Morgan fingerprint density at radius 3 is 2.44 bits per heavy atom. The molecule has 4 rings (SSSR count). The molecule has 1 aromatic heterocycles. The van der Waals surface area contributed by atoms with Crippen LogP contribution in [-0.2, 0) is 4.79 Å². The maximum Gasteiger partial charge on any atom is 0.269 e. The zero-order chi connectivity index (χ0) is 24.1. The number of benzene rings is 3. The third-order valence-corrected chi connectivity index (χ3v) is 5.90. The number of anilines is 1. The molecule has 10 heteroatoms. The van der Waals surface area contributed by atoms with Crippen molar-refractivity contribution in [2.24, 2.45) is 0 Å². The smallest absolute Gasteiger partial charge is 0.269 e. The van der Waals surface area contributed by atoms with Crippen molar-refractivity contribution in [3.8, 4) is 22.8 Å². The summed E-state index contributed by atoms with van der Waals surface area (Å²) in [6.45, 7) is 1.99. The first-order valence-electron chi connectivity index (χ1n) is 10.3. The van der Waals surface area contributed by atoms with Crippen LogP contribution in [0.25, 0.3) is 17.1 Å². The summed E-state index contributed by atoms with van der Waals surface area (Å²) in [5, 5.41) is 23.0. The maximum atomic E-state index is 12.6. The molecule has 0 atom stereocenters. The van der Waals surface area contributed by atoms with Gasteiger partial charge in [-0.3, -0.25) is 19.5 Å². The van der Waals surface area contributed by atoms with Gasteiger partial charge in [0.1, 0.15) is 5.75 Å². The van der Waals surface area contributed by atoms with E-state index >= 15 is 0 Å². The number of ether oxygens (including phenoxy) is 1. The molecular weight excluding hydrogens is 454 g/mol. The van der Waals surface area contributed by atoms with Crippen molar-refractivity contribution in [2.45, 2.75) is 12.1 Å². The molecule has 0 fully saturated rings. The van der Waals surface area contributed by atoms with E-state index in [4.69, 9.17) is 4.74 Å². The number of nitro groups is 1. The molecule has 0 unspecified atom stereocenters. The van der Waals surface area contributed by atoms with Crippen molar-refractivity contribution >= 4 is 29.0 Å². The highest BCUT2D eigenvalue weighted by molar-refractivity contribution is 7.99. The number of nitrogens with zero attached hydrogens (tertiary/aromatic N) is 4. The van der Waals surface area contributed by atoms with Crippen LogP contribution < -0.4 is 10.1 Å². The summed E-state index contributed by atoms with van der Waals surface area (Å²) in [4.78, 5) is 23.2. The molecule has 0 aliphatic heterocycles. The second kappa shape index (κ2) is 10.2. The third kappa shape index (κ3) is 5.07. The number of nitro benzene ring substituents is 1. The largest absolute Gasteiger partial charge is 0.495 e. The van der Waals surface area contributed by atoms with E-state index in [0.29, 0.717) is 28.0 Å². The average Bonchev–Trinajstić information content (AvgIpc) is 3.27. The van der Waals surface area contributed by atoms with Crippen molar-refractivity contribution in [1.82, 2.24) is 14.8 Å². The molecule has 0 radical (unpaired) electrons. The average molecular weight is 476 g/mol. The number of hydrogen-bond donors (Lipinski definition) is 1. The number of carbonyl (C=O) groups excluding carboxylic acids is 1. The van der Waals surface area contributed by atoms with Crippen molar-refractivity contribution in [3.05, 3.63) is 88.5 Å². The highest BCUT2D eigenvalue weighted by atomic mass is 32.2. The lowest BCUT2D eigenvalue weighted by Crippen LogP contribution is -2.15. The van der Waals surface area contributed by atoms with E-state index in [0.717, 1.165) is 11.3 Å². The van der Waals surface area contributed by atoms with Gasteiger partial charge in [0.25, 0.3) is 5.69 Å². The predicted octanol–water partition coefficient (Wildman–Crippen LogP) is 4.89. The van der Waals surface area contributed by atoms with E-state index in [9.17, 15) is 14.9 Å². The summed E-state index contributed by atoms with van der Waals surface area (Å²) < 4.78 is 7.12. The summed E-state index contributed by atoms with van der Waals surface area (Å²) in [7, 11) is 1.55. The summed E-state index contributed by atoms with van der Waals surface area (Å²) >= 11 is 1.24. The lowest BCUT2D eigenvalue weighted by atomic mass is 10.2. The van der Waals surface area contributed by atoms with Gasteiger partial charge in [-0.2, -0.15) is 0 Å². The molecule has 0 spiro atoms. The van der Waals surface area contributed by atoms with Crippen molar-refractivity contribution in [1.29, 1.82) is 0 Å². The Kier molecular flexibility index (Phi) is 6.88. The Bertz CT molecular complexity index is 1320. The lowest BCUT2D eigenvalue weighted by molar-refractivity contribution is -0.384. The highest BCUT2D eigenvalue weighted by Gasteiger charge is 2.18. The van der Waals surface area contributed by atoms with E-state index < -0.39 is 4.92 Å². The fraction of sp³-hybridized carbons (Fsp3) is 0.125. The number of aromatic nitrogens is 3. The Morgan fingerprint density at radius 1 is 1.06 bits per heavy atom. The number of carbonyl (C=O) groups is 1. The van der Waals surface area contributed by atoms with Gasteiger partial charge in [-0.1, -0.05) is 41.6 Å². The van der Waals surface area contributed by atoms with Gasteiger partial charge in [-0.15, -0.1) is 10.2 Å². The van der Waals surface area contributed by atoms with Crippen LogP contribution in [0.4, 0.5) is 11.4 Å². The van der Waals surface area contributed by atoms with Gasteiger partial charge in [-0.25, -0.2) is 0 Å². The minimum atomic E-state index is -0.448. The van der Waals surface area contributed by atoms with Gasteiger partial charge in [0.2, 0.25) is 5.91 Å². The molecule has 1 amide bonds. The standard InChI is InChI=1S/C24H21N5O4S/c1-16-7-11-18(12-8-16)28-23(17-9-13-19(14-10-17)29(31)32)26-27-24(28)34-15-22(30)25-20-5-3-4-6-21(20)33-2/h3-14H,15H2,1-2H3,(H,25,30). The number of methoxy groups -OCH3 is 1. The topological polar surface area (TPSA) is 112 Å². The zero-order valence-electron chi connectivity index (χ0n) is 18.5. The van der Waals surface area contributed by atoms with E-state index in [1.54, 1.807) is 31.4 Å². The molecule has 1 N–H and O–H groups in total. The summed E-state index contributed by atoms with van der Waals surface area (Å²) in [5.41, 5.74) is 3.16. The van der Waals surface area contributed by atoms with Crippen LogP contribution in [0.3, 0.4) is 0 Å². The van der Waals surface area contributed by atoms with Gasteiger partial charge >= 0.3 is 0 Å². The molecule has 0 saturated carbocycles. The number of thioether (sulfide) groups is 1. The van der Waals surface area contributed by atoms with Gasteiger partial charge in [0.05, 0.1) is 23.5 Å². The highest BCUT2D eigenvalue weighted by Crippen LogP contribution is 2.30. The number of hydrogen-bond acceptors (Lipinski definition) is 7. The van der Waals surface area contributed by atoms with Crippen molar-refractivity contribution in [3.63, 3.8) is 0 Å². The molecule has 0 saturated heterocycles. The monoisotopic (exact) mass is 475 g/mol. The third-order valence-electron chi connectivity index (χ3n) is 4.98. The Hall–Kier alpha value is -4.18. The van der Waals surface area contributed by atoms with Crippen LogP contribution in [0.2, 0.25) is 0 Å². The van der Waals surface area contributed by atoms with Crippen LogP contribution in [0.1, 0.15) is 5.56 Å². The minimum absolute atomic E-state index is 0.00670. The first kappa shape index (κ1) is 23.0. The van der Waals surface area contributed by atoms with E-state index in [-0.39, 0.29) is 17.3 Å². The van der Waals surface area contributed by atoms with Gasteiger partial charge in [-0.05, 0) is 43.3 Å². The molecule has 0 aliphatic carbocycles. The number of rotatable bonds is 8. The van der Waals surface area contributed by atoms with E-state index in [1.807, 2.05) is 47.9 Å². The molecule has 172 valence electrons. The molecule has 4 aromatic rings. The van der Waals surface area contributed by atoms with Crippen molar-refractivity contribution < 1.29 is 14.5 Å². The molecule has 3 aromatic carbocycles. The first-order chi connectivity index (χ1) is 16.5. The quantitative estimate of drug-likeness (QED) is 0.219. The number of aryl methyl sites for hydroxylation is 1. The van der Waals surface area contributed by atoms with Crippen LogP contribution in [-0.4, -0.2) is 38.5 Å². The maximum absolute atomic E-state index is 12.6. The van der Waals surface area contributed by atoms with E-state index in [1.165, 1.54) is 23.9 Å². The molecular formula is C24H21N5O4S. The van der Waals surface area contributed by atoms with Crippen molar-refractivity contribution in [2.75, 3.05) is 18.2 Å². The van der Waals surface area contributed by atoms with Crippen LogP contribution in [0, 0.1) is 17.0 Å². The Labute approximate surface area is 199 Å². The SMILES string of the molecule is COc1ccccc1NC(=O)CSc1nnc(-c2ccc([N+](=O)[O-])cc2)n1-c1ccc(C)cc1. The molecule has 9 nitrogen and oxygen atoms in total. The molecule has 1 heterocycles. The summed E-state index contributed by atoms with van der Waals surface area (Å²) in [6, 6.07) is 21.1. The Morgan fingerprint density at radius 2 is 1.76 bits per heavy atom. The van der Waals surface area contributed by atoms with Gasteiger partial charge in [0.15, 0.2) is 11.0 Å². The fourth-order valence-corrected chi connectivity index (χ4v) is 4.03. The molecule has 0 bridgehead atoms. The predicted molar refractivity (Wildman–Crippen MR) is 131 cm³/mol. The lowest BCUT2D eigenvalue weighted by Gasteiger charge is -2.12. The summed E-state index contributed by atoms with van der Waals surface area (Å²) in [6.07, 6.45) is 0. The van der Waals surface area contributed by atoms with Gasteiger partial charge in [0, 0.05) is 23.4 Å². The number of nitrogens with one attached hydrogen (secondary N) is 1. The molecule has 34 heavy (non-hydrogen) atoms. The number of amides is 1. The second-order valence-electron chi connectivity index (χ2n) is 7.32. The number of para-hydroxylation sites is 2. The Balaban J connectivity index is 1.61. The first-order valence-corrected chi connectivity index (χ1v) is 11.3. The van der Waals surface area contributed by atoms with Gasteiger partial charge < -0.3 is 10.1 Å². The van der Waals surface area contributed by atoms with Crippen LogP contribution >= 0.6 is 11.8 Å². The van der Waals surface area contributed by atoms with Crippen LogP contribution in [0.15, 0.2) is 78.0 Å². The van der Waals surface area contributed by atoms with E-state index in [2.05, 4.69) is 15.5 Å².